The Balaban J connectivity index is 1.84. The number of benzene rings is 1. The number of aromatic nitrogens is 2. The lowest BCUT2D eigenvalue weighted by Gasteiger charge is -2.32. The number of rotatable bonds is 3. The number of hydrogen-bond acceptors (Lipinski definition) is 5. The minimum atomic E-state index is -4.63. The van der Waals surface area contributed by atoms with Gasteiger partial charge in [-0.25, -0.2) is 9.97 Å². The zero-order valence-electron chi connectivity index (χ0n) is 16.7. The number of hydrogen-bond donors (Lipinski definition) is 1. The predicted octanol–water partition coefficient (Wildman–Crippen LogP) is 3.36. The van der Waals surface area contributed by atoms with Gasteiger partial charge in [0.2, 0.25) is 5.95 Å². The lowest BCUT2D eigenvalue weighted by atomic mass is 9.75. The first-order valence-electron chi connectivity index (χ1n) is 8.98. The Morgan fingerprint density at radius 2 is 1.72 bits per heavy atom. The highest BCUT2D eigenvalue weighted by molar-refractivity contribution is 6.62. The second-order valence-corrected chi connectivity index (χ2v) is 7.88. The molecule has 0 atom stereocenters. The first-order chi connectivity index (χ1) is 13.3. The average molecular weight is 407 g/mol. The van der Waals surface area contributed by atoms with Crippen LogP contribution in [-0.4, -0.2) is 34.2 Å². The number of anilines is 1. The number of nitrogens with one attached hydrogen (secondary N) is 1. The van der Waals surface area contributed by atoms with Crippen molar-refractivity contribution in [2.75, 3.05) is 5.32 Å². The number of carbonyl (C=O) groups excluding carboxylic acids is 1. The molecular formula is C19H21BF3N3O3. The van der Waals surface area contributed by atoms with Gasteiger partial charge in [-0.15, -0.1) is 0 Å². The molecule has 1 saturated heterocycles. The fourth-order valence-corrected chi connectivity index (χ4v) is 2.76. The van der Waals surface area contributed by atoms with Gasteiger partial charge in [-0.3, -0.25) is 10.1 Å². The van der Waals surface area contributed by atoms with E-state index in [1.807, 2.05) is 34.6 Å². The van der Waals surface area contributed by atoms with Crippen molar-refractivity contribution in [3.63, 3.8) is 0 Å². The second kappa shape index (κ2) is 7.10. The number of carbonyl (C=O) groups is 1. The van der Waals surface area contributed by atoms with Gasteiger partial charge in [0.15, 0.2) is 0 Å². The van der Waals surface area contributed by atoms with Crippen LogP contribution in [0.3, 0.4) is 0 Å². The number of nitrogens with zero attached hydrogens (tertiary/aromatic N) is 2. The molecule has 10 heteroatoms. The van der Waals surface area contributed by atoms with E-state index < -0.39 is 42.0 Å². The van der Waals surface area contributed by atoms with Crippen molar-refractivity contribution in [3.05, 3.63) is 47.3 Å². The van der Waals surface area contributed by atoms with Crippen molar-refractivity contribution in [2.45, 2.75) is 52.0 Å². The molecule has 1 N–H and O–H groups in total. The van der Waals surface area contributed by atoms with Gasteiger partial charge in [0.1, 0.15) is 5.69 Å². The monoisotopic (exact) mass is 407 g/mol. The summed E-state index contributed by atoms with van der Waals surface area (Å²) in [6.45, 7) is 9.54. The summed E-state index contributed by atoms with van der Waals surface area (Å²) in [6, 6.07) is 5.62. The smallest absolute Gasteiger partial charge is 0.399 e. The molecule has 0 unspecified atom stereocenters. The van der Waals surface area contributed by atoms with Crippen LogP contribution in [0.5, 0.6) is 0 Å². The van der Waals surface area contributed by atoms with Crippen molar-refractivity contribution >= 4 is 24.4 Å². The molecule has 1 amide bonds. The highest BCUT2D eigenvalue weighted by Gasteiger charge is 2.52. The van der Waals surface area contributed by atoms with Gasteiger partial charge in [0.25, 0.3) is 5.91 Å². The van der Waals surface area contributed by atoms with Gasteiger partial charge < -0.3 is 9.31 Å². The summed E-state index contributed by atoms with van der Waals surface area (Å²) in [4.78, 5) is 19.6. The van der Waals surface area contributed by atoms with E-state index >= 15 is 0 Å². The van der Waals surface area contributed by atoms with Crippen LogP contribution in [-0.2, 0) is 15.5 Å². The fourth-order valence-electron chi connectivity index (χ4n) is 2.76. The van der Waals surface area contributed by atoms with E-state index in [0.29, 0.717) is 5.46 Å². The van der Waals surface area contributed by atoms with E-state index in [0.717, 1.165) is 17.8 Å². The van der Waals surface area contributed by atoms with Crippen LogP contribution in [0.4, 0.5) is 19.1 Å². The Morgan fingerprint density at radius 3 is 2.31 bits per heavy atom. The van der Waals surface area contributed by atoms with Crippen LogP contribution in [0, 0.1) is 6.92 Å². The lowest BCUT2D eigenvalue weighted by molar-refractivity contribution is -0.141. The van der Waals surface area contributed by atoms with E-state index in [-0.39, 0.29) is 5.56 Å². The number of halogens is 3. The topological polar surface area (TPSA) is 73.3 Å². The van der Waals surface area contributed by atoms with Gasteiger partial charge >= 0.3 is 13.3 Å². The average Bonchev–Trinajstić information content (AvgIpc) is 2.82. The van der Waals surface area contributed by atoms with Crippen molar-refractivity contribution in [1.82, 2.24) is 9.97 Å². The molecule has 1 aliphatic heterocycles. The Hall–Kier alpha value is -2.46. The number of amides is 1. The first kappa shape index (κ1) is 21.3. The molecule has 0 saturated carbocycles. The summed E-state index contributed by atoms with van der Waals surface area (Å²) in [5.41, 5.74) is -0.481. The number of alkyl halides is 3. The highest BCUT2D eigenvalue weighted by Crippen LogP contribution is 2.36. The largest absolute Gasteiger partial charge is 0.495 e. The molecule has 29 heavy (non-hydrogen) atoms. The third-order valence-corrected chi connectivity index (χ3v) is 5.22. The Kier molecular flexibility index (Phi) is 5.21. The van der Waals surface area contributed by atoms with E-state index in [4.69, 9.17) is 9.31 Å². The van der Waals surface area contributed by atoms with Gasteiger partial charge in [-0.05, 0) is 58.3 Å². The zero-order chi connectivity index (χ0) is 21.6. The SMILES string of the molecule is Cc1ccc(C(=O)Nc2nccc(C(F)(F)F)n2)cc1B1OC(C)(C)C(C)(C)O1. The Labute approximate surface area is 167 Å². The first-order valence-corrected chi connectivity index (χ1v) is 8.98. The summed E-state index contributed by atoms with van der Waals surface area (Å²) < 4.78 is 50.4. The molecule has 1 aromatic heterocycles. The minimum absolute atomic E-state index is 0.223. The van der Waals surface area contributed by atoms with Crippen LogP contribution in [0.1, 0.15) is 49.3 Å². The van der Waals surface area contributed by atoms with Gasteiger partial charge in [-0.1, -0.05) is 11.6 Å². The van der Waals surface area contributed by atoms with Crippen LogP contribution in [0.25, 0.3) is 0 Å². The van der Waals surface area contributed by atoms with Crippen LogP contribution < -0.4 is 10.8 Å². The molecular weight excluding hydrogens is 386 g/mol. The molecule has 1 fully saturated rings. The molecule has 0 bridgehead atoms. The molecule has 0 aliphatic carbocycles. The molecule has 0 spiro atoms. The molecule has 154 valence electrons. The standard InChI is InChI=1S/C19H21BF3N3O3/c1-11-6-7-12(10-13(11)20-28-17(2,3)18(4,5)29-20)15(27)26-16-24-9-8-14(25-16)19(21,22)23/h6-10H,1-5H3,(H,24,25,26,27). The Bertz CT molecular complexity index is 932. The van der Waals surface area contributed by atoms with E-state index in [1.54, 1.807) is 18.2 Å². The molecule has 3 rings (SSSR count). The quantitative estimate of drug-likeness (QED) is 0.791. The lowest BCUT2D eigenvalue weighted by Crippen LogP contribution is -2.41. The maximum Gasteiger partial charge on any atom is 0.495 e. The second-order valence-electron chi connectivity index (χ2n) is 7.88. The van der Waals surface area contributed by atoms with E-state index in [2.05, 4.69) is 15.3 Å². The minimum Gasteiger partial charge on any atom is -0.399 e. The van der Waals surface area contributed by atoms with Gasteiger partial charge in [0, 0.05) is 11.8 Å². The van der Waals surface area contributed by atoms with Gasteiger partial charge in [0.05, 0.1) is 11.2 Å². The maximum absolute atomic E-state index is 12.8. The molecule has 1 aromatic carbocycles. The zero-order valence-corrected chi connectivity index (χ0v) is 16.7. The Morgan fingerprint density at radius 1 is 1.10 bits per heavy atom. The van der Waals surface area contributed by atoms with Crippen molar-refractivity contribution in [3.8, 4) is 0 Å². The summed E-state index contributed by atoms with van der Waals surface area (Å²) in [5, 5.41) is 2.30. The molecule has 6 nitrogen and oxygen atoms in total. The van der Waals surface area contributed by atoms with Crippen LogP contribution in [0.2, 0.25) is 0 Å². The predicted molar refractivity (Wildman–Crippen MR) is 102 cm³/mol. The number of aryl methyl sites for hydroxylation is 1. The maximum atomic E-state index is 12.8. The third-order valence-electron chi connectivity index (χ3n) is 5.22. The van der Waals surface area contributed by atoms with Crippen molar-refractivity contribution < 1.29 is 27.3 Å². The molecule has 2 aromatic rings. The van der Waals surface area contributed by atoms with Crippen molar-refractivity contribution in [2.24, 2.45) is 0 Å². The summed E-state index contributed by atoms with van der Waals surface area (Å²) in [5.74, 6) is -1.07. The normalized spacial score (nSPS) is 18.0. The van der Waals surface area contributed by atoms with Crippen LogP contribution in [0.15, 0.2) is 30.5 Å². The van der Waals surface area contributed by atoms with Crippen LogP contribution >= 0.6 is 0 Å². The fraction of sp³-hybridized carbons (Fsp3) is 0.421. The van der Waals surface area contributed by atoms with Gasteiger partial charge in [-0.2, -0.15) is 13.2 Å². The van der Waals surface area contributed by atoms with E-state index in [9.17, 15) is 18.0 Å². The van der Waals surface area contributed by atoms with E-state index in [1.165, 1.54) is 0 Å². The summed E-state index contributed by atoms with van der Waals surface area (Å²) in [6.07, 6.45) is -3.69. The van der Waals surface area contributed by atoms with Crippen molar-refractivity contribution in [1.29, 1.82) is 0 Å². The molecule has 2 heterocycles. The summed E-state index contributed by atoms with van der Waals surface area (Å²) in [7, 11) is -0.669. The summed E-state index contributed by atoms with van der Waals surface area (Å²) >= 11 is 0. The third kappa shape index (κ3) is 4.28. The molecule has 0 radical (unpaired) electrons. The molecule has 1 aliphatic rings. The highest BCUT2D eigenvalue weighted by atomic mass is 19.4.